The lowest BCUT2D eigenvalue weighted by atomic mass is 9.97. The minimum Gasteiger partial charge on any atom is -0.454 e. The summed E-state index contributed by atoms with van der Waals surface area (Å²) in [5, 5.41) is 0.748. The second kappa shape index (κ2) is 12.0. The molecule has 0 radical (unpaired) electrons. The SMILES string of the molecule is CN1CCN(Cc2c[nH]c3c(=O)n(C)cc(-c4cc(CCNS(=O)O)ccc4Oc4ccc(F)cc4F)c23)CC1. The number of rotatable bonds is 9. The van der Waals surface area contributed by atoms with E-state index in [1.807, 2.05) is 12.3 Å². The first-order valence-corrected chi connectivity index (χ1v) is 14.0. The van der Waals surface area contributed by atoms with Gasteiger partial charge in [-0.25, -0.2) is 17.7 Å². The summed E-state index contributed by atoms with van der Waals surface area (Å²) in [5.74, 6) is -1.37. The zero-order chi connectivity index (χ0) is 28.4. The fourth-order valence-electron chi connectivity index (χ4n) is 5.00. The number of halogens is 2. The molecular formula is C28H31F2N5O4S. The number of H-pyrrole nitrogens is 1. The number of benzene rings is 2. The molecule has 1 fully saturated rings. The molecule has 1 aliphatic rings. The normalized spacial score (nSPS) is 15.5. The lowest BCUT2D eigenvalue weighted by Gasteiger charge is -2.32. The smallest absolute Gasteiger partial charge is 0.274 e. The lowest BCUT2D eigenvalue weighted by molar-refractivity contribution is 0.148. The Hall–Kier alpha value is -3.42. The third kappa shape index (κ3) is 6.16. The Bertz CT molecular complexity index is 1610. The Morgan fingerprint density at radius 2 is 1.80 bits per heavy atom. The van der Waals surface area contributed by atoms with Gasteiger partial charge in [-0.05, 0) is 48.9 Å². The number of nitrogens with one attached hydrogen (secondary N) is 2. The number of ether oxygens (including phenoxy) is 1. The summed E-state index contributed by atoms with van der Waals surface area (Å²) in [5.41, 5.74) is 3.37. The van der Waals surface area contributed by atoms with Crippen LogP contribution >= 0.6 is 0 Å². The Morgan fingerprint density at radius 1 is 1.05 bits per heavy atom. The molecule has 1 aliphatic heterocycles. The molecule has 4 aromatic rings. The number of hydrogen-bond donors (Lipinski definition) is 3. The van der Waals surface area contributed by atoms with Crippen LogP contribution in [-0.4, -0.2) is 67.9 Å². The van der Waals surface area contributed by atoms with Gasteiger partial charge in [0, 0.05) is 81.3 Å². The monoisotopic (exact) mass is 571 g/mol. The lowest BCUT2D eigenvalue weighted by Crippen LogP contribution is -2.43. The number of aromatic nitrogens is 2. The van der Waals surface area contributed by atoms with E-state index in [0.717, 1.165) is 54.8 Å². The van der Waals surface area contributed by atoms with Crippen molar-refractivity contribution in [3.63, 3.8) is 0 Å². The van der Waals surface area contributed by atoms with Crippen molar-refractivity contribution in [3.05, 3.63) is 81.9 Å². The molecule has 2 aromatic carbocycles. The van der Waals surface area contributed by atoms with Crippen LogP contribution in [-0.2, 0) is 31.3 Å². The minimum atomic E-state index is -2.14. The van der Waals surface area contributed by atoms with Crippen LogP contribution in [0.4, 0.5) is 8.78 Å². The van der Waals surface area contributed by atoms with Crippen LogP contribution < -0.4 is 15.0 Å². The number of piperazine rings is 1. The maximum Gasteiger partial charge on any atom is 0.274 e. The van der Waals surface area contributed by atoms with E-state index in [9.17, 15) is 17.8 Å². The van der Waals surface area contributed by atoms with Gasteiger partial charge in [0.25, 0.3) is 5.56 Å². The van der Waals surface area contributed by atoms with E-state index in [0.29, 0.717) is 35.4 Å². The molecular weight excluding hydrogens is 540 g/mol. The van der Waals surface area contributed by atoms with E-state index in [4.69, 9.17) is 9.29 Å². The summed E-state index contributed by atoms with van der Waals surface area (Å²) < 4.78 is 58.2. The van der Waals surface area contributed by atoms with Crippen LogP contribution in [0.15, 0.2) is 53.6 Å². The number of aromatic amines is 1. The number of likely N-dealkylation sites (N-methyl/N-ethyl adjacent to an activating group) is 1. The first kappa shape index (κ1) is 28.1. The highest BCUT2D eigenvalue weighted by Crippen LogP contribution is 2.39. The van der Waals surface area contributed by atoms with Crippen molar-refractivity contribution < 1.29 is 22.3 Å². The highest BCUT2D eigenvalue weighted by Gasteiger charge is 2.22. The summed E-state index contributed by atoms with van der Waals surface area (Å²) >= 11 is -2.14. The maximum absolute atomic E-state index is 14.6. The topological polar surface area (TPSA) is 103 Å². The van der Waals surface area contributed by atoms with E-state index >= 15 is 0 Å². The number of pyridine rings is 1. The molecule has 9 nitrogen and oxygen atoms in total. The standard InChI is InChI=1S/C28H31F2N5O4S/c1-33-9-11-35(12-10-33)16-19-15-31-27-26(19)22(17-34(2)28(27)36)21-13-18(7-8-32-40(37)38)3-5-24(21)39-25-6-4-20(29)14-23(25)30/h3-6,13-15,17,31-32H,7-12,16H2,1-2H3,(H,37,38). The van der Waals surface area contributed by atoms with Crippen molar-refractivity contribution in [2.75, 3.05) is 39.8 Å². The highest BCUT2D eigenvalue weighted by molar-refractivity contribution is 7.77. The average molecular weight is 572 g/mol. The van der Waals surface area contributed by atoms with Crippen molar-refractivity contribution in [1.82, 2.24) is 24.1 Å². The fraction of sp³-hybridized carbons (Fsp3) is 0.321. The fourth-order valence-corrected chi connectivity index (χ4v) is 5.28. The summed E-state index contributed by atoms with van der Waals surface area (Å²) in [4.78, 5) is 20.9. The molecule has 0 aliphatic carbocycles. The molecule has 5 rings (SSSR count). The largest absolute Gasteiger partial charge is 0.454 e. The Balaban J connectivity index is 1.63. The molecule has 0 saturated carbocycles. The van der Waals surface area contributed by atoms with E-state index in [1.54, 1.807) is 25.4 Å². The number of fused-ring (bicyclic) bond motifs is 1. The van der Waals surface area contributed by atoms with Gasteiger partial charge in [-0.3, -0.25) is 14.2 Å². The summed E-state index contributed by atoms with van der Waals surface area (Å²) in [7, 11) is 3.76. The maximum atomic E-state index is 14.6. The average Bonchev–Trinajstić information content (AvgIpc) is 3.33. The Kier molecular flexibility index (Phi) is 8.43. The van der Waals surface area contributed by atoms with Crippen LogP contribution in [0.25, 0.3) is 22.0 Å². The van der Waals surface area contributed by atoms with Crippen LogP contribution in [0, 0.1) is 11.6 Å². The molecule has 0 bridgehead atoms. The zero-order valence-electron chi connectivity index (χ0n) is 22.2. The van der Waals surface area contributed by atoms with Gasteiger partial charge in [-0.1, -0.05) is 6.07 Å². The molecule has 212 valence electrons. The Morgan fingerprint density at radius 3 is 2.52 bits per heavy atom. The minimum absolute atomic E-state index is 0.138. The molecule has 12 heteroatoms. The predicted molar refractivity (Wildman–Crippen MR) is 151 cm³/mol. The number of hydrogen-bond acceptors (Lipinski definition) is 5. The van der Waals surface area contributed by atoms with Gasteiger partial charge in [-0.15, -0.1) is 0 Å². The van der Waals surface area contributed by atoms with Gasteiger partial charge in [0.05, 0.1) is 0 Å². The van der Waals surface area contributed by atoms with E-state index in [1.165, 1.54) is 10.6 Å². The number of nitrogens with zero attached hydrogens (tertiary/aromatic N) is 3. The first-order chi connectivity index (χ1) is 19.2. The molecule has 0 spiro atoms. The van der Waals surface area contributed by atoms with E-state index in [-0.39, 0.29) is 17.9 Å². The van der Waals surface area contributed by atoms with Crippen LogP contribution in [0.1, 0.15) is 11.1 Å². The Labute approximate surface area is 232 Å². The highest BCUT2D eigenvalue weighted by atomic mass is 32.2. The number of aryl methyl sites for hydroxylation is 1. The summed E-state index contributed by atoms with van der Waals surface area (Å²) in [6.45, 7) is 4.59. The molecule has 3 N–H and O–H groups in total. The van der Waals surface area contributed by atoms with Crippen LogP contribution in [0.3, 0.4) is 0 Å². The second-order valence-electron chi connectivity index (χ2n) is 10.0. The van der Waals surface area contributed by atoms with Gasteiger partial charge in [-0.2, -0.15) is 0 Å². The third-order valence-electron chi connectivity index (χ3n) is 7.17. The molecule has 2 aromatic heterocycles. The predicted octanol–water partition coefficient (Wildman–Crippen LogP) is 3.62. The third-order valence-corrected chi connectivity index (χ3v) is 7.62. The van der Waals surface area contributed by atoms with Crippen molar-refractivity contribution in [3.8, 4) is 22.6 Å². The van der Waals surface area contributed by atoms with Crippen molar-refractivity contribution in [2.45, 2.75) is 13.0 Å². The van der Waals surface area contributed by atoms with Crippen LogP contribution in [0.5, 0.6) is 11.5 Å². The molecule has 40 heavy (non-hydrogen) atoms. The zero-order valence-corrected chi connectivity index (χ0v) is 23.1. The van der Waals surface area contributed by atoms with Gasteiger partial charge < -0.3 is 19.2 Å². The second-order valence-corrected chi connectivity index (χ2v) is 10.8. The molecule has 3 heterocycles. The van der Waals surface area contributed by atoms with Gasteiger partial charge in [0.2, 0.25) is 11.3 Å². The molecule has 1 saturated heterocycles. The summed E-state index contributed by atoms with van der Waals surface area (Å²) in [6, 6.07) is 8.45. The van der Waals surface area contributed by atoms with E-state index < -0.39 is 22.9 Å². The van der Waals surface area contributed by atoms with Crippen molar-refractivity contribution in [2.24, 2.45) is 7.05 Å². The first-order valence-electron chi connectivity index (χ1n) is 12.9. The van der Waals surface area contributed by atoms with Gasteiger partial charge in [0.1, 0.15) is 17.1 Å². The quantitative estimate of drug-likeness (QED) is 0.265. The van der Waals surface area contributed by atoms with Crippen molar-refractivity contribution >= 4 is 22.2 Å². The van der Waals surface area contributed by atoms with Gasteiger partial charge in [0.15, 0.2) is 11.6 Å². The summed E-state index contributed by atoms with van der Waals surface area (Å²) in [6.07, 6.45) is 4.03. The molecule has 0 amide bonds. The van der Waals surface area contributed by atoms with E-state index in [2.05, 4.69) is 26.6 Å². The molecule has 1 unspecified atom stereocenters. The van der Waals surface area contributed by atoms with Crippen molar-refractivity contribution in [1.29, 1.82) is 0 Å². The van der Waals surface area contributed by atoms with Gasteiger partial charge >= 0.3 is 0 Å². The molecule has 1 atom stereocenters. The van der Waals surface area contributed by atoms with Crippen LogP contribution in [0.2, 0.25) is 0 Å².